The van der Waals surface area contributed by atoms with Gasteiger partial charge in [-0.25, -0.2) is 0 Å². The molecular formula is C21H23N3O2S. The van der Waals surface area contributed by atoms with Crippen LogP contribution in [0.3, 0.4) is 0 Å². The fourth-order valence-corrected chi connectivity index (χ4v) is 5.22. The molecule has 2 aromatic carbocycles. The van der Waals surface area contributed by atoms with Crippen LogP contribution >= 0.6 is 11.8 Å². The summed E-state index contributed by atoms with van der Waals surface area (Å²) in [5, 5.41) is 1.86. The minimum Gasteiger partial charge on any atom is -0.315 e. The largest absolute Gasteiger partial charge is 0.315 e. The number of nitrogens with one attached hydrogen (secondary N) is 1. The van der Waals surface area contributed by atoms with Gasteiger partial charge in [-0.3, -0.25) is 20.0 Å². The van der Waals surface area contributed by atoms with Gasteiger partial charge in [-0.1, -0.05) is 48.5 Å². The van der Waals surface area contributed by atoms with Gasteiger partial charge >= 0.3 is 0 Å². The van der Waals surface area contributed by atoms with E-state index in [0.29, 0.717) is 18.7 Å². The van der Waals surface area contributed by atoms with Crippen molar-refractivity contribution in [2.24, 2.45) is 0 Å². The first-order valence-electron chi connectivity index (χ1n) is 9.20. The standard InChI is InChI=1S/C21H23N3O2S/c1-21-13-12-19(25)24(21)18(15-27-21)20(26)22-23(17-10-6-3-7-11-17)14-16-8-4-2-5-9-16/h2-11,18H,12-15H2,1H3,(H,22,26). The van der Waals surface area contributed by atoms with Crippen LogP contribution in [0.15, 0.2) is 60.7 Å². The van der Waals surface area contributed by atoms with Gasteiger partial charge in [-0.2, -0.15) is 0 Å². The van der Waals surface area contributed by atoms with E-state index < -0.39 is 6.04 Å². The van der Waals surface area contributed by atoms with Crippen molar-refractivity contribution in [1.29, 1.82) is 0 Å². The number of nitrogens with zero attached hydrogens (tertiary/aromatic N) is 2. The highest BCUT2D eigenvalue weighted by Crippen LogP contribution is 2.47. The number of rotatable bonds is 5. The van der Waals surface area contributed by atoms with Crippen LogP contribution in [0, 0.1) is 0 Å². The Morgan fingerprint density at radius 2 is 1.85 bits per heavy atom. The van der Waals surface area contributed by atoms with Gasteiger partial charge in [0, 0.05) is 12.2 Å². The Morgan fingerprint density at radius 3 is 2.56 bits per heavy atom. The normalized spacial score (nSPS) is 24.0. The lowest BCUT2D eigenvalue weighted by Crippen LogP contribution is -2.54. The first-order valence-corrected chi connectivity index (χ1v) is 10.2. The molecule has 2 fully saturated rings. The van der Waals surface area contributed by atoms with Crippen molar-refractivity contribution < 1.29 is 9.59 Å². The van der Waals surface area contributed by atoms with Crippen molar-refractivity contribution in [2.45, 2.75) is 37.2 Å². The topological polar surface area (TPSA) is 52.7 Å². The Labute approximate surface area is 163 Å². The first kappa shape index (κ1) is 17.9. The number of thioether (sulfide) groups is 1. The van der Waals surface area contributed by atoms with Gasteiger partial charge in [0.05, 0.1) is 17.1 Å². The third-order valence-electron chi connectivity index (χ3n) is 5.24. The van der Waals surface area contributed by atoms with Crippen molar-refractivity contribution in [1.82, 2.24) is 10.3 Å². The van der Waals surface area contributed by atoms with E-state index in [-0.39, 0.29) is 16.7 Å². The predicted octanol–water partition coefficient (Wildman–Crippen LogP) is 3.18. The van der Waals surface area contributed by atoms with E-state index in [2.05, 4.69) is 12.3 Å². The highest BCUT2D eigenvalue weighted by Gasteiger charge is 2.53. The molecule has 2 saturated heterocycles. The van der Waals surface area contributed by atoms with E-state index in [9.17, 15) is 9.59 Å². The molecule has 5 nitrogen and oxygen atoms in total. The summed E-state index contributed by atoms with van der Waals surface area (Å²) in [4.78, 5) is 27.0. The summed E-state index contributed by atoms with van der Waals surface area (Å²) in [7, 11) is 0. The Kier molecular flexibility index (Phi) is 4.83. The molecule has 2 heterocycles. The number of anilines is 1. The van der Waals surface area contributed by atoms with Crippen LogP contribution in [-0.4, -0.2) is 33.4 Å². The second-order valence-corrected chi connectivity index (χ2v) is 8.65. The summed E-state index contributed by atoms with van der Waals surface area (Å²) in [5.74, 6) is 0.598. The Bertz CT molecular complexity index is 830. The minimum absolute atomic E-state index is 0.0805. The average Bonchev–Trinajstić information content (AvgIpc) is 3.19. The first-order chi connectivity index (χ1) is 13.1. The second-order valence-electron chi connectivity index (χ2n) is 7.15. The summed E-state index contributed by atoms with van der Waals surface area (Å²) in [6.45, 7) is 2.62. The number of amides is 2. The molecular weight excluding hydrogens is 358 g/mol. The van der Waals surface area contributed by atoms with Gasteiger partial charge in [0.15, 0.2) is 0 Å². The summed E-state index contributed by atoms with van der Waals surface area (Å²) >= 11 is 1.71. The number of benzene rings is 2. The number of hydrogen-bond acceptors (Lipinski definition) is 4. The van der Waals surface area contributed by atoms with Gasteiger partial charge in [0.25, 0.3) is 5.91 Å². The van der Waals surface area contributed by atoms with E-state index in [0.717, 1.165) is 17.7 Å². The van der Waals surface area contributed by atoms with Crippen LogP contribution in [0.4, 0.5) is 5.69 Å². The molecule has 0 aromatic heterocycles. The van der Waals surface area contributed by atoms with Gasteiger partial charge in [-0.15, -0.1) is 11.8 Å². The fourth-order valence-electron chi connectivity index (χ4n) is 3.79. The van der Waals surface area contributed by atoms with Crippen molar-refractivity contribution in [2.75, 3.05) is 10.8 Å². The van der Waals surface area contributed by atoms with Gasteiger partial charge < -0.3 is 4.90 Å². The maximum Gasteiger partial charge on any atom is 0.262 e. The summed E-state index contributed by atoms with van der Waals surface area (Å²) in [6, 6.07) is 19.4. The number of hydrazine groups is 1. The van der Waals surface area contributed by atoms with Crippen molar-refractivity contribution in [3.8, 4) is 0 Å². The van der Waals surface area contributed by atoms with E-state index in [4.69, 9.17) is 0 Å². The van der Waals surface area contributed by atoms with Crippen LogP contribution in [0.2, 0.25) is 0 Å². The predicted molar refractivity (Wildman–Crippen MR) is 108 cm³/mol. The molecule has 2 unspecified atom stereocenters. The Hall–Kier alpha value is -2.47. The van der Waals surface area contributed by atoms with Crippen LogP contribution in [0.1, 0.15) is 25.3 Å². The molecule has 2 amide bonds. The molecule has 2 aliphatic heterocycles. The molecule has 0 radical (unpaired) electrons. The quantitative estimate of drug-likeness (QED) is 0.809. The summed E-state index contributed by atoms with van der Waals surface area (Å²) in [6.07, 6.45) is 1.34. The summed E-state index contributed by atoms with van der Waals surface area (Å²) < 4.78 is 0. The maximum atomic E-state index is 13.1. The fraction of sp³-hybridized carbons (Fsp3) is 0.333. The zero-order valence-corrected chi connectivity index (χ0v) is 16.1. The average molecular weight is 382 g/mol. The zero-order valence-electron chi connectivity index (χ0n) is 15.3. The van der Waals surface area contributed by atoms with Crippen LogP contribution in [-0.2, 0) is 16.1 Å². The molecule has 1 N–H and O–H groups in total. The zero-order chi connectivity index (χ0) is 18.9. The second kappa shape index (κ2) is 7.27. The van der Waals surface area contributed by atoms with Crippen LogP contribution < -0.4 is 10.4 Å². The molecule has 2 atom stereocenters. The molecule has 27 heavy (non-hydrogen) atoms. The molecule has 0 spiro atoms. The van der Waals surface area contributed by atoms with Gasteiger partial charge in [-0.05, 0) is 31.0 Å². The van der Waals surface area contributed by atoms with Crippen LogP contribution in [0.25, 0.3) is 0 Å². The van der Waals surface area contributed by atoms with Gasteiger partial charge in [0.1, 0.15) is 6.04 Å². The Morgan fingerprint density at radius 1 is 1.19 bits per heavy atom. The highest BCUT2D eigenvalue weighted by molar-refractivity contribution is 8.01. The van der Waals surface area contributed by atoms with E-state index in [1.807, 2.05) is 65.7 Å². The highest BCUT2D eigenvalue weighted by atomic mass is 32.2. The summed E-state index contributed by atoms with van der Waals surface area (Å²) in [5.41, 5.74) is 5.08. The van der Waals surface area contributed by atoms with E-state index in [1.165, 1.54) is 0 Å². The lowest BCUT2D eigenvalue weighted by molar-refractivity contribution is -0.138. The monoisotopic (exact) mass is 381 g/mol. The van der Waals surface area contributed by atoms with E-state index >= 15 is 0 Å². The maximum absolute atomic E-state index is 13.1. The van der Waals surface area contributed by atoms with Crippen LogP contribution in [0.5, 0.6) is 0 Å². The molecule has 2 aliphatic rings. The van der Waals surface area contributed by atoms with Crippen molar-refractivity contribution >= 4 is 29.3 Å². The lowest BCUT2D eigenvalue weighted by Gasteiger charge is -2.32. The number of hydrogen-bond donors (Lipinski definition) is 1. The van der Waals surface area contributed by atoms with Gasteiger partial charge in [0.2, 0.25) is 5.91 Å². The minimum atomic E-state index is -0.419. The Balaban J connectivity index is 1.54. The number of fused-ring (bicyclic) bond motifs is 1. The molecule has 0 bridgehead atoms. The van der Waals surface area contributed by atoms with E-state index in [1.54, 1.807) is 16.7 Å². The molecule has 2 aromatic rings. The smallest absolute Gasteiger partial charge is 0.262 e. The number of carbonyl (C=O) groups is 2. The molecule has 0 saturated carbocycles. The number of para-hydroxylation sites is 1. The molecule has 6 heteroatoms. The molecule has 140 valence electrons. The van der Waals surface area contributed by atoms with Crippen molar-refractivity contribution in [3.63, 3.8) is 0 Å². The third-order valence-corrected chi connectivity index (χ3v) is 6.75. The molecule has 0 aliphatic carbocycles. The lowest BCUT2D eigenvalue weighted by atomic mass is 10.2. The number of carbonyl (C=O) groups excluding carboxylic acids is 2. The SMILES string of the molecule is CC12CCC(=O)N1C(C(=O)NN(Cc1ccccc1)c1ccccc1)CS2. The van der Waals surface area contributed by atoms with Crippen molar-refractivity contribution in [3.05, 3.63) is 66.2 Å². The third kappa shape index (κ3) is 3.54. The molecule has 4 rings (SSSR count).